The number of halogens is 4. The molecule has 19 heavy (non-hydrogen) atoms. The van der Waals surface area contributed by atoms with E-state index in [0.29, 0.717) is 12.2 Å². The van der Waals surface area contributed by atoms with Crippen molar-refractivity contribution in [1.82, 2.24) is 0 Å². The fraction of sp³-hybridized carbons (Fsp3) is 0.417. The molecule has 0 radical (unpaired) electrons. The van der Waals surface area contributed by atoms with Crippen LogP contribution in [0.5, 0.6) is 11.5 Å². The highest BCUT2D eigenvalue weighted by molar-refractivity contribution is 9.09. The first-order valence-electron chi connectivity index (χ1n) is 5.44. The number of ketones is 1. The van der Waals surface area contributed by atoms with Crippen molar-refractivity contribution in [2.24, 2.45) is 0 Å². The van der Waals surface area contributed by atoms with Crippen molar-refractivity contribution < 1.29 is 27.4 Å². The first kappa shape index (κ1) is 15.8. The van der Waals surface area contributed by atoms with E-state index in [-0.39, 0.29) is 23.3 Å². The van der Waals surface area contributed by atoms with Gasteiger partial charge in [0.05, 0.1) is 11.9 Å². The predicted octanol–water partition coefficient (Wildman–Crippen LogP) is 3.49. The maximum absolute atomic E-state index is 12.2. The molecule has 0 aliphatic heterocycles. The molecule has 0 amide bonds. The summed E-state index contributed by atoms with van der Waals surface area (Å²) < 4.78 is 45.5. The van der Waals surface area contributed by atoms with E-state index in [0.717, 1.165) is 6.07 Å². The average molecular weight is 341 g/mol. The van der Waals surface area contributed by atoms with Crippen molar-refractivity contribution in [2.45, 2.75) is 19.7 Å². The third-order valence-electron chi connectivity index (χ3n) is 2.03. The molecule has 106 valence electrons. The second-order valence-corrected chi connectivity index (χ2v) is 4.20. The lowest BCUT2D eigenvalue weighted by Crippen LogP contribution is -2.17. The number of carbonyl (C=O) groups excluding carboxylic acids is 1. The second-order valence-electron chi connectivity index (χ2n) is 3.64. The fourth-order valence-electron chi connectivity index (χ4n) is 1.45. The Kier molecular flexibility index (Phi) is 5.65. The Labute approximate surface area is 116 Å². The summed E-state index contributed by atoms with van der Waals surface area (Å²) in [4.78, 5) is 11.3. The molecule has 3 nitrogen and oxygen atoms in total. The van der Waals surface area contributed by atoms with Crippen LogP contribution >= 0.6 is 15.9 Å². The molecule has 1 rings (SSSR count). The summed E-state index contributed by atoms with van der Waals surface area (Å²) in [6.45, 7) is 2.02. The van der Waals surface area contributed by atoms with Gasteiger partial charge in [-0.1, -0.05) is 15.9 Å². The van der Waals surface area contributed by atoms with Crippen LogP contribution in [-0.4, -0.2) is 24.1 Å². The summed E-state index contributed by atoms with van der Waals surface area (Å²) in [5.41, 5.74) is 0.412. The number of rotatable bonds is 6. The fourth-order valence-corrected chi connectivity index (χ4v) is 1.65. The van der Waals surface area contributed by atoms with Gasteiger partial charge in [0, 0.05) is 12.5 Å². The molecule has 0 spiro atoms. The van der Waals surface area contributed by atoms with E-state index in [2.05, 4.69) is 20.7 Å². The van der Waals surface area contributed by atoms with Gasteiger partial charge in [-0.2, -0.15) is 0 Å². The minimum Gasteiger partial charge on any atom is -0.494 e. The lowest BCUT2D eigenvalue weighted by molar-refractivity contribution is -0.274. The highest BCUT2D eigenvalue weighted by Crippen LogP contribution is 2.28. The third-order valence-corrected chi connectivity index (χ3v) is 2.66. The number of hydrogen-bond acceptors (Lipinski definition) is 3. The Morgan fingerprint density at radius 2 is 1.89 bits per heavy atom. The van der Waals surface area contributed by atoms with Gasteiger partial charge in [-0.25, -0.2) is 0 Å². The van der Waals surface area contributed by atoms with Gasteiger partial charge in [-0.15, -0.1) is 13.2 Å². The number of alkyl halides is 4. The highest BCUT2D eigenvalue weighted by atomic mass is 79.9. The highest BCUT2D eigenvalue weighted by Gasteiger charge is 2.31. The third kappa shape index (κ3) is 5.96. The SMILES string of the molecule is CCOc1cc(CC(=O)CBr)cc(OC(F)(F)F)c1. The van der Waals surface area contributed by atoms with Crippen LogP contribution in [0.15, 0.2) is 18.2 Å². The van der Waals surface area contributed by atoms with Crippen LogP contribution in [-0.2, 0) is 11.2 Å². The zero-order valence-electron chi connectivity index (χ0n) is 10.1. The van der Waals surface area contributed by atoms with Crippen LogP contribution in [0, 0.1) is 0 Å². The number of Topliss-reactive ketones (excluding diaryl/α,β-unsaturated/α-hetero) is 1. The van der Waals surface area contributed by atoms with E-state index in [4.69, 9.17) is 4.74 Å². The maximum Gasteiger partial charge on any atom is 0.573 e. The van der Waals surface area contributed by atoms with Gasteiger partial charge in [0.15, 0.2) is 0 Å². The van der Waals surface area contributed by atoms with Crippen LogP contribution in [0.3, 0.4) is 0 Å². The van der Waals surface area contributed by atoms with Crippen LogP contribution in [0.25, 0.3) is 0 Å². The van der Waals surface area contributed by atoms with Gasteiger partial charge in [-0.05, 0) is 24.6 Å². The Morgan fingerprint density at radius 1 is 1.26 bits per heavy atom. The number of carbonyl (C=O) groups is 1. The molecule has 0 bridgehead atoms. The molecule has 0 N–H and O–H groups in total. The summed E-state index contributed by atoms with van der Waals surface area (Å²) in [6.07, 6.45) is -4.76. The maximum atomic E-state index is 12.2. The van der Waals surface area contributed by atoms with Crippen molar-refractivity contribution in [3.05, 3.63) is 23.8 Å². The standard InChI is InChI=1S/C12H12BrF3O3/c1-2-18-10-4-8(3-9(17)7-13)5-11(6-10)19-12(14,15)16/h4-6H,2-3,7H2,1H3. The summed E-state index contributed by atoms with van der Waals surface area (Å²) in [5.74, 6) is -0.302. The van der Waals surface area contributed by atoms with E-state index in [9.17, 15) is 18.0 Å². The van der Waals surface area contributed by atoms with Gasteiger partial charge >= 0.3 is 6.36 Å². The van der Waals surface area contributed by atoms with E-state index >= 15 is 0 Å². The molecule has 0 unspecified atom stereocenters. The summed E-state index contributed by atoms with van der Waals surface area (Å²) >= 11 is 3.00. The normalized spacial score (nSPS) is 11.2. The molecule has 0 aliphatic carbocycles. The second kappa shape index (κ2) is 6.79. The van der Waals surface area contributed by atoms with Crippen LogP contribution in [0.2, 0.25) is 0 Å². The van der Waals surface area contributed by atoms with Gasteiger partial charge in [-0.3, -0.25) is 4.79 Å². The van der Waals surface area contributed by atoms with E-state index in [1.54, 1.807) is 6.92 Å². The molecule has 1 aromatic rings. The number of ether oxygens (including phenoxy) is 2. The van der Waals surface area contributed by atoms with Crippen molar-refractivity contribution in [3.63, 3.8) is 0 Å². The quantitative estimate of drug-likeness (QED) is 0.743. The smallest absolute Gasteiger partial charge is 0.494 e. The average Bonchev–Trinajstić information content (AvgIpc) is 2.26. The minimum absolute atomic E-state index is 0.0143. The van der Waals surface area contributed by atoms with Gasteiger partial charge in [0.25, 0.3) is 0 Å². The zero-order chi connectivity index (χ0) is 14.5. The topological polar surface area (TPSA) is 35.5 Å². The molecule has 7 heteroatoms. The molecule has 0 heterocycles. The van der Waals surface area contributed by atoms with Crippen LogP contribution in [0.1, 0.15) is 12.5 Å². The molecule has 0 aliphatic rings. The van der Waals surface area contributed by atoms with Gasteiger partial charge in [0.1, 0.15) is 17.3 Å². The van der Waals surface area contributed by atoms with Crippen molar-refractivity contribution in [2.75, 3.05) is 11.9 Å². The van der Waals surface area contributed by atoms with Crippen LogP contribution < -0.4 is 9.47 Å². The van der Waals surface area contributed by atoms with E-state index in [1.165, 1.54) is 12.1 Å². The molecule has 0 saturated heterocycles. The van der Waals surface area contributed by atoms with Crippen LogP contribution in [0.4, 0.5) is 13.2 Å². The molecule has 0 saturated carbocycles. The molecule has 0 atom stereocenters. The Hall–Kier alpha value is -1.24. The summed E-state index contributed by atoms with van der Waals surface area (Å²) in [5, 5.41) is 0.140. The lowest BCUT2D eigenvalue weighted by atomic mass is 10.1. The Balaban J connectivity index is 2.99. The lowest BCUT2D eigenvalue weighted by Gasteiger charge is -2.12. The largest absolute Gasteiger partial charge is 0.573 e. The molecular weight excluding hydrogens is 329 g/mol. The number of benzene rings is 1. The van der Waals surface area contributed by atoms with Crippen molar-refractivity contribution in [3.8, 4) is 11.5 Å². The molecular formula is C12H12BrF3O3. The van der Waals surface area contributed by atoms with Crippen molar-refractivity contribution in [1.29, 1.82) is 0 Å². The van der Waals surface area contributed by atoms with Crippen molar-refractivity contribution >= 4 is 21.7 Å². The van der Waals surface area contributed by atoms with Gasteiger partial charge in [0.2, 0.25) is 0 Å². The van der Waals surface area contributed by atoms with E-state index < -0.39 is 12.1 Å². The zero-order valence-corrected chi connectivity index (χ0v) is 11.7. The predicted molar refractivity (Wildman–Crippen MR) is 66.8 cm³/mol. The molecule has 0 aromatic heterocycles. The Bertz CT molecular complexity index is 446. The molecule has 1 aromatic carbocycles. The Morgan fingerprint density at radius 3 is 2.42 bits per heavy atom. The summed E-state index contributed by atoms with van der Waals surface area (Å²) in [6, 6.07) is 3.84. The summed E-state index contributed by atoms with van der Waals surface area (Å²) in [7, 11) is 0. The monoisotopic (exact) mass is 340 g/mol. The number of hydrogen-bond donors (Lipinski definition) is 0. The van der Waals surface area contributed by atoms with Gasteiger partial charge < -0.3 is 9.47 Å². The first-order chi connectivity index (χ1) is 8.84. The minimum atomic E-state index is -4.78. The molecule has 0 fully saturated rings. The first-order valence-corrected chi connectivity index (χ1v) is 6.56. The van der Waals surface area contributed by atoms with E-state index in [1.807, 2.05) is 0 Å².